The molecule has 3 rings (SSSR count). The van der Waals surface area contributed by atoms with E-state index < -0.39 is 0 Å². The molecule has 1 amide bonds. The van der Waals surface area contributed by atoms with Crippen LogP contribution in [0.1, 0.15) is 31.0 Å². The summed E-state index contributed by atoms with van der Waals surface area (Å²) in [5.74, 6) is -0.248. The van der Waals surface area contributed by atoms with Crippen molar-refractivity contribution in [2.24, 2.45) is 0 Å². The highest BCUT2D eigenvalue weighted by Crippen LogP contribution is 2.22. The van der Waals surface area contributed by atoms with Gasteiger partial charge >= 0.3 is 0 Å². The summed E-state index contributed by atoms with van der Waals surface area (Å²) in [6, 6.07) is 7.19. The number of nitrogens with zero attached hydrogens (tertiary/aromatic N) is 6. The first kappa shape index (κ1) is 18.8. The number of anilines is 1. The monoisotopic (exact) mass is 385 g/mol. The lowest BCUT2D eigenvalue weighted by molar-refractivity contribution is -0.111. The maximum atomic E-state index is 12.2. The molecule has 0 fully saturated rings. The van der Waals surface area contributed by atoms with Gasteiger partial charge in [0.15, 0.2) is 0 Å². The molecule has 0 radical (unpaired) electrons. The summed E-state index contributed by atoms with van der Waals surface area (Å²) in [7, 11) is 0. The van der Waals surface area contributed by atoms with Crippen LogP contribution in [-0.2, 0) is 11.3 Å². The Labute approximate surface area is 161 Å². The van der Waals surface area contributed by atoms with Crippen LogP contribution in [0.4, 0.5) is 5.69 Å². The number of carbonyl (C=O) groups excluding carboxylic acids is 1. The number of benzene rings is 1. The molecule has 0 aliphatic carbocycles. The number of hydrogen-bond donors (Lipinski definition) is 1. The molecule has 2 aromatic heterocycles. The number of rotatable bonds is 7. The topological polar surface area (TPSA) is 90.5 Å². The number of tetrazole rings is 1. The quantitative estimate of drug-likeness (QED) is 0.630. The minimum absolute atomic E-state index is 0.248. The second-order valence-corrected chi connectivity index (χ2v) is 6.35. The van der Waals surface area contributed by atoms with E-state index in [1.165, 1.54) is 17.1 Å². The maximum Gasteiger partial charge on any atom is 0.248 e. The van der Waals surface area contributed by atoms with Crippen molar-refractivity contribution in [2.45, 2.75) is 33.2 Å². The van der Waals surface area contributed by atoms with E-state index in [0.29, 0.717) is 10.8 Å². The standard InChI is InChI=1S/C18H20ClN7O/c1-3-4-11-25-18(19)16(13(2)22-25)9-10-17(27)21-14-5-7-15(8-6-14)26-12-20-23-24-26/h5-10,12H,3-4,11H2,1-2H3,(H,21,27)/b10-9+. The fourth-order valence-electron chi connectivity index (χ4n) is 2.53. The molecule has 9 heteroatoms. The smallest absolute Gasteiger partial charge is 0.248 e. The van der Waals surface area contributed by atoms with Crippen LogP contribution in [0, 0.1) is 6.92 Å². The fourth-order valence-corrected chi connectivity index (χ4v) is 2.85. The minimum Gasteiger partial charge on any atom is -0.323 e. The molecule has 0 atom stereocenters. The van der Waals surface area contributed by atoms with Crippen LogP contribution in [0.2, 0.25) is 5.15 Å². The Hall–Kier alpha value is -3.00. The van der Waals surface area contributed by atoms with Crippen LogP contribution in [-0.4, -0.2) is 35.9 Å². The molecule has 3 aromatic rings. The largest absolute Gasteiger partial charge is 0.323 e. The number of carbonyl (C=O) groups is 1. The van der Waals surface area contributed by atoms with E-state index in [2.05, 4.69) is 32.9 Å². The molecule has 8 nitrogen and oxygen atoms in total. The first-order chi connectivity index (χ1) is 13.1. The average Bonchev–Trinajstić information content (AvgIpc) is 3.28. The Morgan fingerprint density at radius 2 is 2.07 bits per heavy atom. The van der Waals surface area contributed by atoms with Crippen molar-refractivity contribution in [1.29, 1.82) is 0 Å². The lowest BCUT2D eigenvalue weighted by atomic mass is 10.2. The molecular weight excluding hydrogens is 366 g/mol. The second-order valence-electron chi connectivity index (χ2n) is 5.99. The van der Waals surface area contributed by atoms with Gasteiger partial charge in [-0.3, -0.25) is 9.48 Å². The van der Waals surface area contributed by atoms with Gasteiger partial charge in [-0.2, -0.15) is 5.10 Å². The molecule has 0 saturated carbocycles. The van der Waals surface area contributed by atoms with Gasteiger partial charge in [0, 0.05) is 23.9 Å². The van der Waals surface area contributed by atoms with Crippen LogP contribution in [0.15, 0.2) is 36.7 Å². The molecule has 0 spiro atoms. The van der Waals surface area contributed by atoms with Gasteiger partial charge in [-0.25, -0.2) is 4.68 Å². The van der Waals surface area contributed by atoms with E-state index in [1.807, 2.05) is 19.1 Å². The Bertz CT molecular complexity index is 930. The van der Waals surface area contributed by atoms with Crippen LogP contribution in [0.25, 0.3) is 11.8 Å². The average molecular weight is 386 g/mol. The van der Waals surface area contributed by atoms with Gasteiger partial charge in [-0.1, -0.05) is 24.9 Å². The molecule has 1 N–H and O–H groups in total. The van der Waals surface area contributed by atoms with Crippen molar-refractivity contribution < 1.29 is 4.79 Å². The molecule has 0 aliphatic rings. The van der Waals surface area contributed by atoms with E-state index in [0.717, 1.165) is 36.3 Å². The zero-order valence-electron chi connectivity index (χ0n) is 15.1. The summed E-state index contributed by atoms with van der Waals surface area (Å²) in [5.41, 5.74) is 3.03. The second kappa shape index (κ2) is 8.59. The van der Waals surface area contributed by atoms with Crippen molar-refractivity contribution in [1.82, 2.24) is 30.0 Å². The lowest BCUT2D eigenvalue weighted by Crippen LogP contribution is -2.07. The summed E-state index contributed by atoms with van der Waals surface area (Å²) >= 11 is 6.37. The van der Waals surface area contributed by atoms with Crippen LogP contribution in [0.5, 0.6) is 0 Å². The third-order valence-corrected chi connectivity index (χ3v) is 4.38. The summed E-state index contributed by atoms with van der Waals surface area (Å²) < 4.78 is 3.31. The number of aromatic nitrogens is 6. The number of nitrogens with one attached hydrogen (secondary N) is 1. The van der Waals surface area contributed by atoms with Crippen molar-refractivity contribution in [3.8, 4) is 5.69 Å². The number of aryl methyl sites for hydroxylation is 2. The number of amides is 1. The molecule has 140 valence electrons. The van der Waals surface area contributed by atoms with Crippen LogP contribution in [0.3, 0.4) is 0 Å². The van der Waals surface area contributed by atoms with E-state index >= 15 is 0 Å². The molecule has 0 unspecified atom stereocenters. The summed E-state index contributed by atoms with van der Waals surface area (Å²) in [6.45, 7) is 4.76. The summed E-state index contributed by atoms with van der Waals surface area (Å²) in [5, 5.41) is 18.8. The van der Waals surface area contributed by atoms with E-state index in [-0.39, 0.29) is 5.91 Å². The van der Waals surface area contributed by atoms with E-state index in [4.69, 9.17) is 11.6 Å². The van der Waals surface area contributed by atoms with Gasteiger partial charge in [-0.05, 0) is 54.1 Å². The predicted octanol–water partition coefficient (Wildman–Crippen LogP) is 3.27. The highest BCUT2D eigenvalue weighted by atomic mass is 35.5. The first-order valence-corrected chi connectivity index (χ1v) is 9.01. The lowest BCUT2D eigenvalue weighted by Gasteiger charge is -2.04. The number of halogens is 1. The maximum absolute atomic E-state index is 12.2. The van der Waals surface area contributed by atoms with Crippen molar-refractivity contribution >= 4 is 29.3 Å². The Morgan fingerprint density at radius 3 is 2.74 bits per heavy atom. The number of unbranched alkanes of at least 4 members (excludes halogenated alkanes) is 1. The van der Waals surface area contributed by atoms with E-state index in [9.17, 15) is 4.79 Å². The minimum atomic E-state index is -0.248. The molecule has 2 heterocycles. The fraction of sp³-hybridized carbons (Fsp3) is 0.278. The van der Waals surface area contributed by atoms with Gasteiger partial charge in [0.2, 0.25) is 5.91 Å². The molecule has 1 aromatic carbocycles. The van der Waals surface area contributed by atoms with Gasteiger partial charge in [0.1, 0.15) is 11.5 Å². The van der Waals surface area contributed by atoms with Crippen molar-refractivity contribution in [3.05, 3.63) is 53.1 Å². The van der Waals surface area contributed by atoms with Crippen molar-refractivity contribution in [2.75, 3.05) is 5.32 Å². The summed E-state index contributed by atoms with van der Waals surface area (Å²) in [4.78, 5) is 12.2. The van der Waals surface area contributed by atoms with Crippen molar-refractivity contribution in [3.63, 3.8) is 0 Å². The predicted molar refractivity (Wildman–Crippen MR) is 104 cm³/mol. The van der Waals surface area contributed by atoms with Gasteiger partial charge in [0.25, 0.3) is 0 Å². The van der Waals surface area contributed by atoms with Gasteiger partial charge in [-0.15, -0.1) is 5.10 Å². The Morgan fingerprint density at radius 1 is 1.30 bits per heavy atom. The third kappa shape index (κ3) is 4.59. The molecule has 0 aliphatic heterocycles. The molecule has 0 bridgehead atoms. The highest BCUT2D eigenvalue weighted by molar-refractivity contribution is 6.31. The normalized spacial score (nSPS) is 11.2. The Kier molecular flexibility index (Phi) is 5.97. The zero-order valence-corrected chi connectivity index (χ0v) is 15.9. The third-order valence-electron chi connectivity index (χ3n) is 3.98. The van der Waals surface area contributed by atoms with Crippen LogP contribution >= 0.6 is 11.6 Å². The highest BCUT2D eigenvalue weighted by Gasteiger charge is 2.11. The summed E-state index contributed by atoms with van der Waals surface area (Å²) in [6.07, 6.45) is 6.72. The zero-order chi connectivity index (χ0) is 19.2. The Balaban J connectivity index is 1.64. The SMILES string of the molecule is CCCCn1nc(C)c(/C=C/C(=O)Nc2ccc(-n3cnnn3)cc2)c1Cl. The van der Waals surface area contributed by atoms with Gasteiger partial charge < -0.3 is 5.32 Å². The molecule has 27 heavy (non-hydrogen) atoms. The molecular formula is C18H20ClN7O. The molecule has 0 saturated heterocycles. The number of hydrogen-bond acceptors (Lipinski definition) is 5. The first-order valence-electron chi connectivity index (χ1n) is 8.64. The van der Waals surface area contributed by atoms with Crippen LogP contribution < -0.4 is 5.32 Å². The van der Waals surface area contributed by atoms with Gasteiger partial charge in [0.05, 0.1) is 11.4 Å². The van der Waals surface area contributed by atoms with E-state index in [1.54, 1.807) is 22.9 Å².